The largest absolute Gasteiger partial charge is 0.305 e. The van der Waals surface area contributed by atoms with Gasteiger partial charge in [0.1, 0.15) is 0 Å². The number of sulfone groups is 1. The van der Waals surface area contributed by atoms with Gasteiger partial charge in [-0.15, -0.1) is 11.3 Å². The Bertz CT molecular complexity index is 760. The predicted molar refractivity (Wildman–Crippen MR) is 81.1 cm³/mol. The molecule has 0 spiro atoms. The van der Waals surface area contributed by atoms with E-state index in [1.54, 1.807) is 11.3 Å². The van der Waals surface area contributed by atoms with Crippen LogP contribution < -0.4 is 5.32 Å². The van der Waals surface area contributed by atoms with Crippen molar-refractivity contribution < 1.29 is 8.42 Å². The maximum Gasteiger partial charge on any atom is 0.194 e. The molecule has 3 heterocycles. The van der Waals surface area contributed by atoms with Crippen molar-refractivity contribution in [3.63, 3.8) is 0 Å². The fraction of sp³-hybridized carbons (Fsp3) is 0.615. The highest BCUT2D eigenvalue weighted by Gasteiger charge is 2.38. The second kappa shape index (κ2) is 4.54. The van der Waals surface area contributed by atoms with Gasteiger partial charge in [0.15, 0.2) is 14.8 Å². The monoisotopic (exact) mass is 313 g/mol. The molecule has 0 bridgehead atoms. The van der Waals surface area contributed by atoms with Gasteiger partial charge in [0, 0.05) is 23.2 Å². The minimum absolute atomic E-state index is 0.226. The van der Waals surface area contributed by atoms with E-state index < -0.39 is 9.84 Å². The summed E-state index contributed by atoms with van der Waals surface area (Å²) in [4.78, 5) is 6.78. The average molecular weight is 313 g/mol. The highest BCUT2D eigenvalue weighted by atomic mass is 32.2. The third kappa shape index (κ3) is 2.49. The van der Waals surface area contributed by atoms with Crippen molar-refractivity contribution in [1.82, 2.24) is 14.7 Å². The molecule has 0 amide bonds. The number of nitrogens with one attached hydrogen (secondary N) is 1. The van der Waals surface area contributed by atoms with E-state index in [2.05, 4.69) is 27.8 Å². The molecule has 5 nitrogen and oxygen atoms in total. The second-order valence-corrected chi connectivity index (χ2v) is 9.29. The minimum atomic E-state index is -2.88. The molecular weight excluding hydrogens is 294 g/mol. The number of hydrogen-bond donors (Lipinski definition) is 1. The van der Waals surface area contributed by atoms with Crippen LogP contribution in [0.2, 0.25) is 0 Å². The molecule has 7 heteroatoms. The van der Waals surface area contributed by atoms with Gasteiger partial charge in [-0.2, -0.15) is 0 Å². The van der Waals surface area contributed by atoms with Crippen LogP contribution in [0.4, 0.5) is 0 Å². The third-order valence-corrected chi connectivity index (χ3v) is 6.73. The molecule has 1 aliphatic heterocycles. The van der Waals surface area contributed by atoms with Gasteiger partial charge in [-0.25, -0.2) is 13.4 Å². The zero-order valence-electron chi connectivity index (χ0n) is 11.9. The molecule has 0 radical (unpaired) electrons. The van der Waals surface area contributed by atoms with Crippen LogP contribution in [-0.4, -0.2) is 34.8 Å². The highest BCUT2D eigenvalue weighted by molar-refractivity contribution is 7.91. The summed E-state index contributed by atoms with van der Waals surface area (Å²) in [5, 5.41) is 3.42. The van der Waals surface area contributed by atoms with Gasteiger partial charge in [0.25, 0.3) is 0 Å². The molecule has 0 aliphatic carbocycles. The first-order valence-electron chi connectivity index (χ1n) is 6.67. The van der Waals surface area contributed by atoms with E-state index in [0.717, 1.165) is 16.3 Å². The summed E-state index contributed by atoms with van der Waals surface area (Å²) in [7, 11) is -2.88. The Morgan fingerprint density at radius 3 is 2.90 bits per heavy atom. The molecule has 1 atom stereocenters. The van der Waals surface area contributed by atoms with Crippen LogP contribution in [0.15, 0.2) is 6.20 Å². The van der Waals surface area contributed by atoms with Gasteiger partial charge in [-0.1, -0.05) is 0 Å². The lowest BCUT2D eigenvalue weighted by atomic mass is 10.0. The standard InChI is InChI=1S/C13H19N3O2S2/c1-9-7-16-11(10(2)15-12(16)19-9)6-14-13(3)4-5-20(17,18)8-13/h7,14H,4-6,8H2,1-3H3. The number of aromatic nitrogens is 2. The Hall–Kier alpha value is -0.920. The van der Waals surface area contributed by atoms with E-state index in [-0.39, 0.29) is 17.0 Å². The van der Waals surface area contributed by atoms with Crippen LogP contribution in [0.1, 0.15) is 29.6 Å². The molecule has 1 N–H and O–H groups in total. The van der Waals surface area contributed by atoms with E-state index in [9.17, 15) is 8.42 Å². The number of thiazole rings is 1. The van der Waals surface area contributed by atoms with Gasteiger partial charge in [-0.3, -0.25) is 4.40 Å². The Balaban J connectivity index is 1.82. The summed E-state index contributed by atoms with van der Waals surface area (Å²) in [6.45, 7) is 6.70. The Morgan fingerprint density at radius 2 is 2.25 bits per heavy atom. The average Bonchev–Trinajstić information content (AvgIpc) is 2.88. The van der Waals surface area contributed by atoms with Crippen molar-refractivity contribution in [3.05, 3.63) is 22.5 Å². The van der Waals surface area contributed by atoms with Gasteiger partial charge < -0.3 is 5.32 Å². The van der Waals surface area contributed by atoms with Crippen LogP contribution in [0.3, 0.4) is 0 Å². The molecule has 1 fully saturated rings. The number of nitrogens with zero attached hydrogens (tertiary/aromatic N) is 2. The molecule has 1 saturated heterocycles. The van der Waals surface area contributed by atoms with E-state index in [1.807, 2.05) is 13.8 Å². The SMILES string of the molecule is Cc1cn2c(CNC3(C)CCS(=O)(=O)C3)c(C)nc2s1. The van der Waals surface area contributed by atoms with Gasteiger partial charge in [-0.05, 0) is 27.2 Å². The van der Waals surface area contributed by atoms with Crippen molar-refractivity contribution in [2.75, 3.05) is 11.5 Å². The summed E-state index contributed by atoms with van der Waals surface area (Å²) in [5.74, 6) is 0.512. The molecular formula is C13H19N3O2S2. The first-order valence-corrected chi connectivity index (χ1v) is 9.31. The summed E-state index contributed by atoms with van der Waals surface area (Å²) < 4.78 is 25.4. The van der Waals surface area contributed by atoms with E-state index in [4.69, 9.17) is 0 Å². The lowest BCUT2D eigenvalue weighted by Crippen LogP contribution is -2.43. The lowest BCUT2D eigenvalue weighted by molar-refractivity contribution is 0.392. The first kappa shape index (κ1) is 14.0. The van der Waals surface area contributed by atoms with Gasteiger partial charge >= 0.3 is 0 Å². The maximum absolute atomic E-state index is 11.6. The third-order valence-electron chi connectivity index (χ3n) is 3.93. The van der Waals surface area contributed by atoms with Crippen molar-refractivity contribution >= 4 is 26.1 Å². The number of imidazole rings is 1. The van der Waals surface area contributed by atoms with Crippen molar-refractivity contribution in [3.8, 4) is 0 Å². The summed E-state index contributed by atoms with van der Waals surface area (Å²) in [6.07, 6.45) is 2.77. The molecule has 2 aromatic heterocycles. The highest BCUT2D eigenvalue weighted by Crippen LogP contribution is 2.25. The summed E-state index contributed by atoms with van der Waals surface area (Å²) in [6, 6.07) is 0. The first-order chi connectivity index (χ1) is 9.28. The second-order valence-electron chi connectivity index (χ2n) is 5.89. The number of hydrogen-bond acceptors (Lipinski definition) is 5. The van der Waals surface area contributed by atoms with Crippen molar-refractivity contribution in [2.24, 2.45) is 0 Å². The van der Waals surface area contributed by atoms with Crippen LogP contribution >= 0.6 is 11.3 Å². The van der Waals surface area contributed by atoms with Crippen LogP contribution in [-0.2, 0) is 16.4 Å². The molecule has 0 aromatic carbocycles. The van der Waals surface area contributed by atoms with Crippen LogP contribution in [0, 0.1) is 13.8 Å². The van der Waals surface area contributed by atoms with Gasteiger partial charge in [0.2, 0.25) is 0 Å². The van der Waals surface area contributed by atoms with Crippen LogP contribution in [0.25, 0.3) is 4.96 Å². The molecule has 0 saturated carbocycles. The normalized spacial score (nSPS) is 25.6. The molecule has 2 aromatic rings. The fourth-order valence-corrected chi connectivity index (χ4v) is 5.78. The molecule has 20 heavy (non-hydrogen) atoms. The van der Waals surface area contributed by atoms with E-state index in [0.29, 0.717) is 13.0 Å². The fourth-order valence-electron chi connectivity index (χ4n) is 2.77. The zero-order valence-corrected chi connectivity index (χ0v) is 13.6. The Labute approximate surface area is 122 Å². The van der Waals surface area contributed by atoms with Crippen molar-refractivity contribution in [2.45, 2.75) is 39.3 Å². The van der Waals surface area contributed by atoms with E-state index >= 15 is 0 Å². The Kier molecular flexibility index (Phi) is 3.19. The van der Waals surface area contributed by atoms with Crippen LogP contribution in [0.5, 0.6) is 0 Å². The molecule has 110 valence electrons. The Morgan fingerprint density at radius 1 is 1.50 bits per heavy atom. The number of rotatable bonds is 3. The topological polar surface area (TPSA) is 63.5 Å². The summed E-state index contributed by atoms with van der Waals surface area (Å²) in [5.41, 5.74) is 1.81. The maximum atomic E-state index is 11.6. The predicted octanol–water partition coefficient (Wildman–Crippen LogP) is 1.68. The molecule has 1 unspecified atom stereocenters. The van der Waals surface area contributed by atoms with Gasteiger partial charge in [0.05, 0.1) is 22.9 Å². The zero-order chi connectivity index (χ0) is 14.5. The molecule has 3 rings (SSSR count). The summed E-state index contributed by atoms with van der Waals surface area (Å²) >= 11 is 1.67. The quantitative estimate of drug-likeness (QED) is 0.936. The smallest absolute Gasteiger partial charge is 0.194 e. The lowest BCUT2D eigenvalue weighted by Gasteiger charge is -2.23. The number of fused-ring (bicyclic) bond motifs is 1. The molecule has 1 aliphatic rings. The number of aryl methyl sites for hydroxylation is 2. The van der Waals surface area contributed by atoms with E-state index in [1.165, 1.54) is 4.88 Å². The van der Waals surface area contributed by atoms with Crippen molar-refractivity contribution in [1.29, 1.82) is 0 Å². The minimum Gasteiger partial charge on any atom is -0.305 e.